The SMILES string of the molecule is CSc1ccc(CN2Cc3ccccc3C[C@@H]2c2nnc(C)o2)cc1. The molecule has 0 bridgehead atoms. The van der Waals surface area contributed by atoms with Gasteiger partial charge < -0.3 is 4.42 Å². The van der Waals surface area contributed by atoms with E-state index in [9.17, 15) is 0 Å². The lowest BCUT2D eigenvalue weighted by Crippen LogP contribution is -2.34. The van der Waals surface area contributed by atoms with Gasteiger partial charge in [-0.1, -0.05) is 36.4 Å². The van der Waals surface area contributed by atoms with Crippen LogP contribution < -0.4 is 0 Å². The van der Waals surface area contributed by atoms with Crippen molar-refractivity contribution in [2.24, 2.45) is 0 Å². The monoisotopic (exact) mass is 351 g/mol. The van der Waals surface area contributed by atoms with Crippen LogP contribution >= 0.6 is 11.8 Å². The highest BCUT2D eigenvalue weighted by Gasteiger charge is 2.31. The Balaban J connectivity index is 1.64. The zero-order valence-corrected chi connectivity index (χ0v) is 15.3. The van der Waals surface area contributed by atoms with Crippen molar-refractivity contribution in [1.82, 2.24) is 15.1 Å². The van der Waals surface area contributed by atoms with E-state index >= 15 is 0 Å². The molecule has 0 fully saturated rings. The predicted molar refractivity (Wildman–Crippen MR) is 99.4 cm³/mol. The fourth-order valence-corrected chi connectivity index (χ4v) is 3.81. The van der Waals surface area contributed by atoms with Gasteiger partial charge in [0, 0.05) is 24.9 Å². The standard InChI is InChI=1S/C20H21N3OS/c1-14-21-22-20(24-14)19-11-16-5-3-4-6-17(16)13-23(19)12-15-7-9-18(25-2)10-8-15/h3-10,19H,11-13H2,1-2H3/t19-/m1/s1. The van der Waals surface area contributed by atoms with Crippen molar-refractivity contribution in [3.05, 3.63) is 77.0 Å². The van der Waals surface area contributed by atoms with Crippen LogP contribution in [0.2, 0.25) is 0 Å². The van der Waals surface area contributed by atoms with Crippen LogP contribution in [0.1, 0.15) is 34.5 Å². The number of hydrogen-bond acceptors (Lipinski definition) is 5. The molecule has 4 nitrogen and oxygen atoms in total. The van der Waals surface area contributed by atoms with Gasteiger partial charge in [-0.15, -0.1) is 22.0 Å². The summed E-state index contributed by atoms with van der Waals surface area (Å²) < 4.78 is 5.78. The Morgan fingerprint density at radius 3 is 2.52 bits per heavy atom. The third-order valence-corrected chi connectivity index (χ3v) is 5.46. The average Bonchev–Trinajstić information content (AvgIpc) is 3.08. The smallest absolute Gasteiger partial charge is 0.233 e. The molecule has 0 saturated heterocycles. The second kappa shape index (κ2) is 7.02. The van der Waals surface area contributed by atoms with Crippen molar-refractivity contribution in [3.8, 4) is 0 Å². The molecule has 25 heavy (non-hydrogen) atoms. The van der Waals surface area contributed by atoms with Crippen molar-refractivity contribution in [3.63, 3.8) is 0 Å². The fraction of sp³-hybridized carbons (Fsp3) is 0.300. The van der Waals surface area contributed by atoms with Gasteiger partial charge in [0.25, 0.3) is 0 Å². The van der Waals surface area contributed by atoms with Gasteiger partial charge in [-0.2, -0.15) is 0 Å². The summed E-state index contributed by atoms with van der Waals surface area (Å²) in [6, 6.07) is 17.5. The Morgan fingerprint density at radius 1 is 1.08 bits per heavy atom. The molecule has 1 aliphatic rings. The van der Waals surface area contributed by atoms with E-state index in [1.807, 2.05) is 6.92 Å². The molecule has 3 aromatic rings. The maximum absolute atomic E-state index is 5.78. The zero-order chi connectivity index (χ0) is 17.2. The summed E-state index contributed by atoms with van der Waals surface area (Å²) in [5.74, 6) is 1.34. The van der Waals surface area contributed by atoms with E-state index in [-0.39, 0.29) is 6.04 Å². The second-order valence-corrected chi connectivity index (χ2v) is 7.28. The third-order valence-electron chi connectivity index (χ3n) is 4.72. The molecule has 128 valence electrons. The Kier molecular flexibility index (Phi) is 4.59. The molecular formula is C20H21N3OS. The molecule has 0 radical (unpaired) electrons. The highest BCUT2D eigenvalue weighted by atomic mass is 32.2. The third kappa shape index (κ3) is 3.48. The maximum Gasteiger partial charge on any atom is 0.233 e. The molecule has 1 aliphatic heterocycles. The highest BCUT2D eigenvalue weighted by Crippen LogP contribution is 2.34. The Hall–Kier alpha value is -2.11. The van der Waals surface area contributed by atoms with Crippen LogP contribution in [0.15, 0.2) is 57.8 Å². The fourth-order valence-electron chi connectivity index (χ4n) is 3.40. The van der Waals surface area contributed by atoms with Gasteiger partial charge in [0.1, 0.15) is 0 Å². The molecule has 4 rings (SSSR count). The quantitative estimate of drug-likeness (QED) is 0.652. The minimum absolute atomic E-state index is 0.122. The van der Waals surface area contributed by atoms with Gasteiger partial charge in [0.05, 0.1) is 6.04 Å². The lowest BCUT2D eigenvalue weighted by molar-refractivity contribution is 0.137. The lowest BCUT2D eigenvalue weighted by Gasteiger charge is -2.35. The van der Waals surface area contributed by atoms with Crippen molar-refractivity contribution in [2.45, 2.75) is 37.4 Å². The summed E-state index contributed by atoms with van der Waals surface area (Å²) in [5.41, 5.74) is 4.06. The topological polar surface area (TPSA) is 42.2 Å². The van der Waals surface area contributed by atoms with E-state index < -0.39 is 0 Å². The summed E-state index contributed by atoms with van der Waals surface area (Å²) in [7, 11) is 0. The van der Waals surface area contributed by atoms with Crippen LogP contribution in [0.3, 0.4) is 0 Å². The number of aryl methyl sites for hydroxylation is 1. The average molecular weight is 351 g/mol. The number of benzene rings is 2. The molecular weight excluding hydrogens is 330 g/mol. The minimum atomic E-state index is 0.122. The van der Waals surface area contributed by atoms with Crippen LogP contribution in [0.5, 0.6) is 0 Å². The molecule has 0 spiro atoms. The summed E-state index contributed by atoms with van der Waals surface area (Å²) in [6.07, 6.45) is 3.01. The highest BCUT2D eigenvalue weighted by molar-refractivity contribution is 7.98. The Bertz CT molecular complexity index is 859. The molecule has 0 N–H and O–H groups in total. The summed E-state index contributed by atoms with van der Waals surface area (Å²) in [4.78, 5) is 3.72. The minimum Gasteiger partial charge on any atom is -0.424 e. The molecule has 2 aromatic carbocycles. The molecule has 1 atom stereocenters. The Morgan fingerprint density at radius 2 is 1.84 bits per heavy atom. The summed E-state index contributed by atoms with van der Waals surface area (Å²) in [5, 5.41) is 8.34. The van der Waals surface area contributed by atoms with Crippen LogP contribution in [0.4, 0.5) is 0 Å². The molecule has 1 aromatic heterocycles. The molecule has 0 unspecified atom stereocenters. The van der Waals surface area contributed by atoms with E-state index in [1.165, 1.54) is 21.6 Å². The van der Waals surface area contributed by atoms with E-state index in [2.05, 4.69) is 69.9 Å². The maximum atomic E-state index is 5.78. The van der Waals surface area contributed by atoms with E-state index in [1.54, 1.807) is 11.8 Å². The number of nitrogens with zero attached hydrogens (tertiary/aromatic N) is 3. The van der Waals surface area contributed by atoms with Gasteiger partial charge >= 0.3 is 0 Å². The van der Waals surface area contributed by atoms with Crippen molar-refractivity contribution in [1.29, 1.82) is 0 Å². The van der Waals surface area contributed by atoms with Gasteiger partial charge in [0.2, 0.25) is 11.8 Å². The first-order chi connectivity index (χ1) is 12.2. The lowest BCUT2D eigenvalue weighted by atomic mass is 9.93. The molecule has 0 aliphatic carbocycles. The molecule has 0 saturated carbocycles. The number of aromatic nitrogens is 2. The molecule has 5 heteroatoms. The normalized spacial score (nSPS) is 17.4. The summed E-state index contributed by atoms with van der Waals surface area (Å²) >= 11 is 1.77. The van der Waals surface area contributed by atoms with Crippen LogP contribution in [-0.2, 0) is 19.5 Å². The predicted octanol–water partition coefficient (Wildman–Crippen LogP) is 4.40. The van der Waals surface area contributed by atoms with Gasteiger partial charge in [0.15, 0.2) is 0 Å². The number of fused-ring (bicyclic) bond motifs is 1. The number of thioether (sulfide) groups is 1. The van der Waals surface area contributed by atoms with E-state index in [4.69, 9.17) is 4.42 Å². The van der Waals surface area contributed by atoms with E-state index in [0.29, 0.717) is 11.8 Å². The number of rotatable bonds is 4. The first-order valence-electron chi connectivity index (χ1n) is 8.46. The Labute approximate surface area is 152 Å². The van der Waals surface area contributed by atoms with Gasteiger partial charge in [-0.3, -0.25) is 4.90 Å². The van der Waals surface area contributed by atoms with Gasteiger partial charge in [-0.25, -0.2) is 0 Å². The van der Waals surface area contributed by atoms with Crippen molar-refractivity contribution >= 4 is 11.8 Å². The van der Waals surface area contributed by atoms with E-state index in [0.717, 1.165) is 19.5 Å². The van der Waals surface area contributed by atoms with Crippen molar-refractivity contribution < 1.29 is 4.42 Å². The van der Waals surface area contributed by atoms with Crippen LogP contribution in [0.25, 0.3) is 0 Å². The molecule has 2 heterocycles. The second-order valence-electron chi connectivity index (χ2n) is 6.40. The van der Waals surface area contributed by atoms with Crippen LogP contribution in [-0.4, -0.2) is 21.4 Å². The molecule has 0 amide bonds. The summed E-state index contributed by atoms with van der Waals surface area (Å²) in [6.45, 7) is 3.61. The first kappa shape index (κ1) is 16.4. The van der Waals surface area contributed by atoms with Crippen molar-refractivity contribution in [2.75, 3.05) is 6.26 Å². The largest absolute Gasteiger partial charge is 0.424 e. The van der Waals surface area contributed by atoms with Crippen LogP contribution in [0, 0.1) is 6.92 Å². The van der Waals surface area contributed by atoms with Gasteiger partial charge in [-0.05, 0) is 41.5 Å². The first-order valence-corrected chi connectivity index (χ1v) is 9.69. The zero-order valence-electron chi connectivity index (χ0n) is 14.5. The number of hydrogen-bond donors (Lipinski definition) is 0.